The van der Waals surface area contributed by atoms with E-state index in [1.807, 2.05) is 0 Å². The predicted molar refractivity (Wildman–Crippen MR) is 127 cm³/mol. The fourth-order valence-electron chi connectivity index (χ4n) is 4.35. The molecule has 0 nitrogen and oxygen atoms in total. The van der Waals surface area contributed by atoms with Gasteiger partial charge in [-0.05, 0) is 57.4 Å². The molecule has 0 heterocycles. The molecule has 144 valence electrons. The maximum Gasteiger partial charge on any atom is -0.00819 e. The second kappa shape index (κ2) is 8.39. The second-order valence-electron chi connectivity index (χ2n) is 7.69. The van der Waals surface area contributed by atoms with Crippen LogP contribution in [0.25, 0.3) is 11.1 Å². The van der Waals surface area contributed by atoms with E-state index in [1.54, 1.807) is 0 Å². The van der Waals surface area contributed by atoms with Crippen LogP contribution in [0.2, 0.25) is 0 Å². The van der Waals surface area contributed by atoms with Gasteiger partial charge in [0, 0.05) is 0 Å². The molecule has 4 aromatic rings. The van der Waals surface area contributed by atoms with Crippen molar-refractivity contribution in [2.45, 2.75) is 12.8 Å². The van der Waals surface area contributed by atoms with Crippen molar-refractivity contribution in [2.75, 3.05) is 0 Å². The topological polar surface area (TPSA) is 0 Å². The molecule has 0 fully saturated rings. The Morgan fingerprint density at radius 2 is 0.733 bits per heavy atom. The van der Waals surface area contributed by atoms with E-state index in [0.29, 0.717) is 0 Å². The molecule has 2 aliphatic carbocycles. The van der Waals surface area contributed by atoms with Crippen LogP contribution < -0.4 is 0 Å². The van der Waals surface area contributed by atoms with Gasteiger partial charge in [0.1, 0.15) is 0 Å². The molecule has 0 aliphatic heterocycles. The third kappa shape index (κ3) is 3.65. The highest BCUT2D eigenvalue weighted by Gasteiger charge is 2.14. The molecular weight excluding hydrogens is 360 g/mol. The highest BCUT2D eigenvalue weighted by atomic mass is 14.2. The third-order valence-electron chi connectivity index (χ3n) is 5.84. The Balaban J connectivity index is 0.000000128. The Hall–Kier alpha value is -3.64. The zero-order valence-electron chi connectivity index (χ0n) is 17.0. The van der Waals surface area contributed by atoms with E-state index >= 15 is 0 Å². The summed E-state index contributed by atoms with van der Waals surface area (Å²) in [6, 6.07) is 38.5. The van der Waals surface area contributed by atoms with E-state index in [4.69, 9.17) is 0 Å². The van der Waals surface area contributed by atoms with E-state index in [2.05, 4.69) is 121 Å². The van der Waals surface area contributed by atoms with Crippen LogP contribution in [0.4, 0.5) is 0 Å². The van der Waals surface area contributed by atoms with Crippen LogP contribution in [-0.2, 0) is 12.8 Å². The predicted octanol–water partition coefficient (Wildman–Crippen LogP) is 7.35. The number of fused-ring (bicyclic) bond motifs is 2. The minimum absolute atomic E-state index is 1.07. The molecule has 0 bridgehead atoms. The Bertz CT molecular complexity index is 1110. The van der Waals surface area contributed by atoms with Crippen LogP contribution in [0, 0.1) is 0 Å². The quantitative estimate of drug-likeness (QED) is 0.339. The molecule has 0 spiro atoms. The summed E-state index contributed by atoms with van der Waals surface area (Å²) in [5.41, 5.74) is 11.1. The van der Waals surface area contributed by atoms with E-state index in [0.717, 1.165) is 12.8 Å². The Labute approximate surface area is 178 Å². The molecule has 0 unspecified atom stereocenters. The summed E-state index contributed by atoms with van der Waals surface area (Å²) in [5.74, 6) is 0. The Morgan fingerprint density at radius 1 is 0.367 bits per heavy atom. The molecule has 0 atom stereocenters. The summed E-state index contributed by atoms with van der Waals surface area (Å²) in [6.07, 6.45) is 6.78. The highest BCUT2D eigenvalue weighted by molar-refractivity contribution is 5.85. The van der Waals surface area contributed by atoms with E-state index in [1.165, 1.54) is 44.5 Å². The minimum Gasteiger partial charge on any atom is -0.0716 e. The third-order valence-corrected chi connectivity index (χ3v) is 5.84. The van der Waals surface area contributed by atoms with Crippen LogP contribution in [-0.4, -0.2) is 0 Å². The molecule has 2 aliphatic rings. The van der Waals surface area contributed by atoms with Gasteiger partial charge in [-0.3, -0.25) is 0 Å². The molecule has 0 radical (unpaired) electrons. The monoisotopic (exact) mass is 384 g/mol. The van der Waals surface area contributed by atoms with Gasteiger partial charge in [-0.1, -0.05) is 121 Å². The van der Waals surface area contributed by atoms with Crippen molar-refractivity contribution in [1.82, 2.24) is 0 Å². The molecule has 0 heteroatoms. The van der Waals surface area contributed by atoms with Crippen molar-refractivity contribution >= 4 is 11.1 Å². The summed E-state index contributed by atoms with van der Waals surface area (Å²) >= 11 is 0. The van der Waals surface area contributed by atoms with Crippen LogP contribution >= 0.6 is 0 Å². The average Bonchev–Trinajstić information content (AvgIpc) is 3.45. The van der Waals surface area contributed by atoms with Gasteiger partial charge in [0.05, 0.1) is 0 Å². The first-order chi connectivity index (χ1) is 14.9. The summed E-state index contributed by atoms with van der Waals surface area (Å²) in [5, 5.41) is 0. The fraction of sp³-hybridized carbons (Fsp3) is 0.0667. The lowest BCUT2D eigenvalue weighted by Crippen LogP contribution is -1.85. The normalized spacial score (nSPS) is 13.5. The number of hydrogen-bond acceptors (Lipinski definition) is 0. The van der Waals surface area contributed by atoms with Gasteiger partial charge in [-0.2, -0.15) is 0 Å². The van der Waals surface area contributed by atoms with Crippen molar-refractivity contribution in [1.29, 1.82) is 0 Å². The van der Waals surface area contributed by atoms with Crippen LogP contribution in [0.3, 0.4) is 0 Å². The summed E-state index contributed by atoms with van der Waals surface area (Å²) in [7, 11) is 0. The zero-order valence-corrected chi connectivity index (χ0v) is 17.0. The maximum absolute atomic E-state index is 2.32. The van der Waals surface area contributed by atoms with Gasteiger partial charge in [-0.15, -0.1) is 0 Å². The first-order valence-electron chi connectivity index (χ1n) is 10.6. The first-order valence-corrected chi connectivity index (χ1v) is 10.6. The molecule has 0 amide bonds. The molecular formula is C30H24. The second-order valence-corrected chi connectivity index (χ2v) is 7.69. The van der Waals surface area contributed by atoms with E-state index < -0.39 is 0 Å². The van der Waals surface area contributed by atoms with Crippen molar-refractivity contribution < 1.29 is 0 Å². The highest BCUT2D eigenvalue weighted by Crippen LogP contribution is 2.33. The average molecular weight is 385 g/mol. The molecule has 4 aromatic carbocycles. The lowest BCUT2D eigenvalue weighted by molar-refractivity contribution is 1.31. The lowest BCUT2D eigenvalue weighted by atomic mass is 9.99. The fourth-order valence-corrected chi connectivity index (χ4v) is 4.35. The van der Waals surface area contributed by atoms with Gasteiger partial charge in [0.25, 0.3) is 0 Å². The van der Waals surface area contributed by atoms with Crippen molar-refractivity contribution in [2.24, 2.45) is 0 Å². The molecule has 0 saturated heterocycles. The smallest absolute Gasteiger partial charge is 0.00819 e. The van der Waals surface area contributed by atoms with Gasteiger partial charge in [0.2, 0.25) is 0 Å². The van der Waals surface area contributed by atoms with E-state index in [9.17, 15) is 0 Å². The van der Waals surface area contributed by atoms with Gasteiger partial charge >= 0.3 is 0 Å². The molecule has 0 aromatic heterocycles. The molecule has 0 saturated carbocycles. The van der Waals surface area contributed by atoms with Gasteiger partial charge in [0.15, 0.2) is 0 Å². The zero-order chi connectivity index (χ0) is 20.2. The van der Waals surface area contributed by atoms with Crippen molar-refractivity contribution in [3.05, 3.63) is 155 Å². The number of allylic oxidation sites excluding steroid dienone is 2. The van der Waals surface area contributed by atoms with Crippen LogP contribution in [0.5, 0.6) is 0 Å². The maximum atomic E-state index is 2.32. The van der Waals surface area contributed by atoms with Crippen molar-refractivity contribution in [3.8, 4) is 0 Å². The molecule has 0 N–H and O–H groups in total. The van der Waals surface area contributed by atoms with Crippen molar-refractivity contribution in [3.63, 3.8) is 0 Å². The number of hydrogen-bond donors (Lipinski definition) is 0. The lowest BCUT2D eigenvalue weighted by Gasteiger charge is -2.05. The van der Waals surface area contributed by atoms with Crippen LogP contribution in [0.1, 0.15) is 33.4 Å². The molecule has 6 rings (SSSR count). The van der Waals surface area contributed by atoms with Crippen LogP contribution in [0.15, 0.2) is 121 Å². The summed E-state index contributed by atoms with van der Waals surface area (Å²) in [6.45, 7) is 0. The van der Waals surface area contributed by atoms with E-state index in [-0.39, 0.29) is 0 Å². The Kier molecular flexibility index (Phi) is 5.14. The summed E-state index contributed by atoms with van der Waals surface area (Å²) < 4.78 is 0. The summed E-state index contributed by atoms with van der Waals surface area (Å²) in [4.78, 5) is 0. The molecule has 30 heavy (non-hydrogen) atoms. The Morgan fingerprint density at radius 3 is 1.17 bits per heavy atom. The SMILES string of the molecule is C1=C(c2ccccc2)c2ccccc2C1.C1=C(c2ccccc2)c2ccccc2C1. The standard InChI is InChI=1S/2C15H12/c2*1-2-6-12(7-3-1)15-11-10-13-8-4-5-9-14(13)15/h2*1-9,11H,10H2. The largest absolute Gasteiger partial charge is 0.0716 e. The minimum atomic E-state index is 1.07. The number of benzene rings is 4. The van der Waals surface area contributed by atoms with Gasteiger partial charge in [-0.25, -0.2) is 0 Å². The number of rotatable bonds is 2. The first kappa shape index (κ1) is 18.4. The van der Waals surface area contributed by atoms with Gasteiger partial charge < -0.3 is 0 Å².